The van der Waals surface area contributed by atoms with Crippen molar-refractivity contribution < 1.29 is 14.4 Å². The van der Waals surface area contributed by atoms with Crippen molar-refractivity contribution in [2.24, 2.45) is 0 Å². The van der Waals surface area contributed by atoms with E-state index in [1.807, 2.05) is 48.7 Å². The van der Waals surface area contributed by atoms with Crippen LogP contribution in [0.1, 0.15) is 17.0 Å². The highest BCUT2D eigenvalue weighted by molar-refractivity contribution is 9.10. The number of hydrogen-bond acceptors (Lipinski definition) is 3. The number of aryl methyl sites for hydroxylation is 1. The van der Waals surface area contributed by atoms with E-state index < -0.39 is 17.8 Å². The number of nitrogens with one attached hydrogen (secondary N) is 1. The van der Waals surface area contributed by atoms with Crippen molar-refractivity contribution in [3.05, 3.63) is 57.3 Å². The molecule has 4 amide bonds. The molecule has 1 aromatic heterocycles. The van der Waals surface area contributed by atoms with Gasteiger partial charge in [0.25, 0.3) is 11.8 Å². The van der Waals surface area contributed by atoms with Crippen molar-refractivity contribution in [2.75, 3.05) is 7.05 Å². The SMILES string of the molecule is Cc1cc(/C=C2/C(=O)NC(=O)N(C)C2=O)c(C)n1-c1cccc(Br)c1. The Balaban J connectivity index is 2.08. The number of nitrogens with zero attached hydrogens (tertiary/aromatic N) is 2. The van der Waals surface area contributed by atoms with Gasteiger partial charge in [0.05, 0.1) is 0 Å². The third-order valence-electron chi connectivity index (χ3n) is 4.14. The first kappa shape index (κ1) is 17.2. The van der Waals surface area contributed by atoms with Crippen LogP contribution in [0.5, 0.6) is 0 Å². The van der Waals surface area contributed by atoms with E-state index in [0.717, 1.165) is 32.0 Å². The fourth-order valence-corrected chi connectivity index (χ4v) is 3.23. The van der Waals surface area contributed by atoms with E-state index in [4.69, 9.17) is 0 Å². The molecule has 0 atom stereocenters. The fraction of sp³-hybridized carbons (Fsp3) is 0.167. The zero-order chi connectivity index (χ0) is 18.3. The summed E-state index contributed by atoms with van der Waals surface area (Å²) in [6.07, 6.45) is 1.53. The Morgan fingerprint density at radius 3 is 2.52 bits per heavy atom. The van der Waals surface area contributed by atoms with Gasteiger partial charge < -0.3 is 4.57 Å². The Hall–Kier alpha value is -2.67. The van der Waals surface area contributed by atoms with Gasteiger partial charge in [0.15, 0.2) is 0 Å². The van der Waals surface area contributed by atoms with Crippen molar-refractivity contribution in [2.45, 2.75) is 13.8 Å². The second-order valence-electron chi connectivity index (χ2n) is 5.82. The van der Waals surface area contributed by atoms with E-state index in [1.165, 1.54) is 13.1 Å². The number of aromatic nitrogens is 1. The number of imide groups is 2. The summed E-state index contributed by atoms with van der Waals surface area (Å²) in [5.41, 5.74) is 3.52. The minimum atomic E-state index is -0.716. The van der Waals surface area contributed by atoms with E-state index in [9.17, 15) is 14.4 Å². The van der Waals surface area contributed by atoms with E-state index in [0.29, 0.717) is 0 Å². The number of amides is 4. The molecule has 1 aliphatic heterocycles. The van der Waals surface area contributed by atoms with Gasteiger partial charge in [-0.25, -0.2) is 4.79 Å². The number of likely N-dealkylation sites (N-methyl/N-ethyl adjacent to an activating group) is 1. The summed E-state index contributed by atoms with van der Waals surface area (Å²) in [5, 5.41) is 2.16. The first-order chi connectivity index (χ1) is 11.8. The summed E-state index contributed by atoms with van der Waals surface area (Å²) in [5.74, 6) is -1.29. The molecule has 0 spiro atoms. The number of hydrogen-bond donors (Lipinski definition) is 1. The molecule has 6 nitrogen and oxygen atoms in total. The number of benzene rings is 1. The lowest BCUT2D eigenvalue weighted by atomic mass is 10.1. The topological polar surface area (TPSA) is 71.4 Å². The molecular formula is C18H16BrN3O3. The van der Waals surface area contributed by atoms with Crippen LogP contribution in [0.15, 0.2) is 40.4 Å². The highest BCUT2D eigenvalue weighted by atomic mass is 79.9. The van der Waals surface area contributed by atoms with Gasteiger partial charge in [-0.05, 0) is 49.8 Å². The highest BCUT2D eigenvalue weighted by Crippen LogP contribution is 2.25. The molecule has 1 fully saturated rings. The molecule has 3 rings (SSSR count). The number of carbonyl (C=O) groups excluding carboxylic acids is 3. The van der Waals surface area contributed by atoms with Crippen molar-refractivity contribution >= 4 is 39.9 Å². The molecule has 0 unspecified atom stereocenters. The fourth-order valence-electron chi connectivity index (χ4n) is 2.85. The van der Waals surface area contributed by atoms with Gasteiger partial charge in [0.2, 0.25) is 0 Å². The third kappa shape index (κ3) is 3.02. The summed E-state index contributed by atoms with van der Waals surface area (Å²) in [7, 11) is 1.34. The van der Waals surface area contributed by atoms with Gasteiger partial charge in [0, 0.05) is 28.6 Å². The molecule has 25 heavy (non-hydrogen) atoms. The standard InChI is InChI=1S/C18H16BrN3O3/c1-10-7-12(8-15-16(23)20-18(25)21(3)17(15)24)11(2)22(10)14-6-4-5-13(19)9-14/h4-9H,1-3H3,(H,20,23,25)/b15-8-. The molecule has 7 heteroatoms. The van der Waals surface area contributed by atoms with Crippen LogP contribution in [0.25, 0.3) is 11.8 Å². The van der Waals surface area contributed by atoms with Crippen LogP contribution in [-0.2, 0) is 9.59 Å². The monoisotopic (exact) mass is 401 g/mol. The summed E-state index contributed by atoms with van der Waals surface area (Å²) >= 11 is 3.46. The molecule has 1 saturated heterocycles. The lowest BCUT2D eigenvalue weighted by Crippen LogP contribution is -2.52. The van der Waals surface area contributed by atoms with Crippen molar-refractivity contribution in [1.82, 2.24) is 14.8 Å². The molecule has 2 aromatic rings. The van der Waals surface area contributed by atoms with Crippen LogP contribution in [0, 0.1) is 13.8 Å². The minimum absolute atomic E-state index is 0.0587. The van der Waals surface area contributed by atoms with Crippen LogP contribution in [0.4, 0.5) is 4.79 Å². The Morgan fingerprint density at radius 1 is 1.12 bits per heavy atom. The van der Waals surface area contributed by atoms with Crippen LogP contribution < -0.4 is 5.32 Å². The number of carbonyl (C=O) groups is 3. The normalized spacial score (nSPS) is 16.6. The van der Waals surface area contributed by atoms with E-state index in [2.05, 4.69) is 21.2 Å². The first-order valence-electron chi connectivity index (χ1n) is 7.59. The Morgan fingerprint density at radius 2 is 1.84 bits per heavy atom. The van der Waals surface area contributed by atoms with Gasteiger partial charge in [-0.2, -0.15) is 0 Å². The molecule has 0 aliphatic carbocycles. The van der Waals surface area contributed by atoms with Crippen LogP contribution >= 0.6 is 15.9 Å². The van der Waals surface area contributed by atoms with Gasteiger partial charge >= 0.3 is 6.03 Å². The van der Waals surface area contributed by atoms with Crippen molar-refractivity contribution in [1.29, 1.82) is 0 Å². The molecule has 1 N–H and O–H groups in total. The van der Waals surface area contributed by atoms with E-state index in [1.54, 1.807) is 0 Å². The summed E-state index contributed by atoms with van der Waals surface area (Å²) in [6.45, 7) is 3.87. The average Bonchev–Trinajstić information content (AvgIpc) is 2.83. The molecule has 128 valence electrons. The largest absolute Gasteiger partial charge is 0.331 e. The molecule has 0 radical (unpaired) electrons. The molecule has 2 heterocycles. The summed E-state index contributed by atoms with van der Waals surface area (Å²) < 4.78 is 3.00. The zero-order valence-electron chi connectivity index (χ0n) is 14.0. The van der Waals surface area contributed by atoms with Crippen LogP contribution in [0.3, 0.4) is 0 Å². The highest BCUT2D eigenvalue weighted by Gasteiger charge is 2.33. The molecule has 0 saturated carbocycles. The van der Waals surface area contributed by atoms with E-state index >= 15 is 0 Å². The smallest absolute Gasteiger partial charge is 0.318 e. The van der Waals surface area contributed by atoms with Gasteiger partial charge in [-0.3, -0.25) is 19.8 Å². The predicted octanol–water partition coefficient (Wildman–Crippen LogP) is 2.95. The van der Waals surface area contributed by atoms with Crippen LogP contribution in [-0.4, -0.2) is 34.4 Å². The third-order valence-corrected chi connectivity index (χ3v) is 4.63. The van der Waals surface area contributed by atoms with Crippen molar-refractivity contribution in [3.63, 3.8) is 0 Å². The number of barbiturate groups is 1. The Labute approximate surface area is 153 Å². The summed E-state index contributed by atoms with van der Waals surface area (Å²) in [6, 6.07) is 9.04. The second-order valence-corrected chi connectivity index (χ2v) is 6.74. The quantitative estimate of drug-likeness (QED) is 0.620. The molecule has 1 aliphatic rings. The maximum absolute atomic E-state index is 12.2. The van der Waals surface area contributed by atoms with Gasteiger partial charge in [0.1, 0.15) is 5.57 Å². The average molecular weight is 402 g/mol. The van der Waals surface area contributed by atoms with Crippen LogP contribution in [0.2, 0.25) is 0 Å². The maximum Gasteiger partial charge on any atom is 0.331 e. The maximum atomic E-state index is 12.2. The number of rotatable bonds is 2. The Bertz CT molecular complexity index is 943. The molecular weight excluding hydrogens is 386 g/mol. The zero-order valence-corrected chi connectivity index (χ0v) is 15.5. The van der Waals surface area contributed by atoms with Gasteiger partial charge in [-0.15, -0.1) is 0 Å². The van der Waals surface area contributed by atoms with Gasteiger partial charge in [-0.1, -0.05) is 22.0 Å². The lowest BCUT2D eigenvalue weighted by Gasteiger charge is -2.22. The Kier molecular flexibility index (Phi) is 4.34. The first-order valence-corrected chi connectivity index (χ1v) is 8.39. The molecule has 0 bridgehead atoms. The number of urea groups is 1. The van der Waals surface area contributed by atoms with Crippen molar-refractivity contribution in [3.8, 4) is 5.69 Å². The predicted molar refractivity (Wildman–Crippen MR) is 97.2 cm³/mol. The minimum Gasteiger partial charge on any atom is -0.318 e. The molecule has 1 aromatic carbocycles. The lowest BCUT2D eigenvalue weighted by molar-refractivity contribution is -0.129. The second kappa shape index (κ2) is 6.33. The number of halogens is 1. The van der Waals surface area contributed by atoms with E-state index in [-0.39, 0.29) is 5.57 Å². The summed E-state index contributed by atoms with van der Waals surface area (Å²) in [4.78, 5) is 36.6.